The number of hydrogen-bond donors (Lipinski definition) is 3. The van der Waals surface area contributed by atoms with Crippen molar-refractivity contribution in [2.24, 2.45) is 0 Å². The van der Waals surface area contributed by atoms with Crippen LogP contribution in [-0.2, 0) is 17.8 Å². The Morgan fingerprint density at radius 3 is 2.81 bits per heavy atom. The normalized spacial score (nSPS) is 13.6. The van der Waals surface area contributed by atoms with Crippen molar-refractivity contribution in [2.75, 3.05) is 24.6 Å². The van der Waals surface area contributed by atoms with Crippen LogP contribution >= 0.6 is 0 Å². The summed E-state index contributed by atoms with van der Waals surface area (Å²) < 4.78 is 1.75. The van der Waals surface area contributed by atoms with Crippen molar-refractivity contribution in [3.05, 3.63) is 60.3 Å². The van der Waals surface area contributed by atoms with Crippen LogP contribution in [0, 0.1) is 6.92 Å². The number of nitrogen functional groups attached to an aromatic ring is 1. The molecule has 1 aliphatic rings. The van der Waals surface area contributed by atoms with Crippen LogP contribution in [0.2, 0.25) is 0 Å². The van der Waals surface area contributed by atoms with Crippen LogP contribution in [0.25, 0.3) is 33.3 Å². The summed E-state index contributed by atoms with van der Waals surface area (Å²) in [6.45, 7) is 2.93. The number of hydrogen-bond acceptors (Lipinski definition) is 8. The second-order valence-electron chi connectivity index (χ2n) is 8.88. The highest BCUT2D eigenvalue weighted by Gasteiger charge is 2.19. The van der Waals surface area contributed by atoms with Crippen molar-refractivity contribution in [3.63, 3.8) is 0 Å². The van der Waals surface area contributed by atoms with Gasteiger partial charge in [0.1, 0.15) is 18.2 Å². The summed E-state index contributed by atoms with van der Waals surface area (Å²) in [4.78, 5) is 27.5. The van der Waals surface area contributed by atoms with Gasteiger partial charge in [0, 0.05) is 73.1 Å². The first-order valence-electron chi connectivity index (χ1n) is 11.5. The van der Waals surface area contributed by atoms with Gasteiger partial charge in [0.2, 0.25) is 5.91 Å². The number of nitrogens with one attached hydrogen (secondary N) is 2. The maximum absolute atomic E-state index is 12.2. The summed E-state index contributed by atoms with van der Waals surface area (Å²) in [5.41, 5.74) is 11.8. The number of rotatable bonds is 4. The van der Waals surface area contributed by atoms with Gasteiger partial charge in [-0.25, -0.2) is 9.97 Å². The Labute approximate surface area is 206 Å². The Morgan fingerprint density at radius 1 is 1.11 bits per heavy atom. The van der Waals surface area contributed by atoms with Gasteiger partial charge >= 0.3 is 0 Å². The molecule has 0 aromatic carbocycles. The van der Waals surface area contributed by atoms with E-state index >= 15 is 0 Å². The number of fused-ring (bicyclic) bond motifs is 2. The summed E-state index contributed by atoms with van der Waals surface area (Å²) in [5.74, 6) is 1.70. The Bertz CT molecular complexity index is 1610. The molecule has 0 atom stereocenters. The number of pyridine rings is 3. The van der Waals surface area contributed by atoms with E-state index in [4.69, 9.17) is 5.73 Å². The van der Waals surface area contributed by atoms with Crippen molar-refractivity contribution < 1.29 is 4.79 Å². The molecule has 1 amide bonds. The van der Waals surface area contributed by atoms with E-state index in [1.165, 1.54) is 0 Å². The molecule has 11 heteroatoms. The lowest BCUT2D eigenvalue weighted by Gasteiger charge is -2.12. The first-order valence-corrected chi connectivity index (χ1v) is 11.5. The molecule has 11 nitrogen and oxygen atoms in total. The van der Waals surface area contributed by atoms with Gasteiger partial charge in [-0.2, -0.15) is 10.2 Å². The fourth-order valence-corrected chi connectivity index (χ4v) is 4.48. The van der Waals surface area contributed by atoms with Crippen molar-refractivity contribution >= 4 is 34.1 Å². The van der Waals surface area contributed by atoms with E-state index in [-0.39, 0.29) is 12.5 Å². The zero-order valence-electron chi connectivity index (χ0n) is 19.9. The number of aromatic nitrogens is 7. The number of anilines is 3. The van der Waals surface area contributed by atoms with Gasteiger partial charge in [-0.1, -0.05) is 0 Å². The highest BCUT2D eigenvalue weighted by atomic mass is 16.2. The number of carbonyl (C=O) groups is 1. The summed E-state index contributed by atoms with van der Waals surface area (Å²) >= 11 is 0. The Balaban J connectivity index is 1.34. The molecule has 5 aromatic rings. The molecule has 0 fully saturated rings. The van der Waals surface area contributed by atoms with Gasteiger partial charge in [-0.15, -0.1) is 0 Å². The monoisotopic (exact) mass is 480 g/mol. The van der Waals surface area contributed by atoms with E-state index in [0.29, 0.717) is 24.0 Å². The minimum absolute atomic E-state index is 0.0455. The second kappa shape index (κ2) is 8.45. The number of amides is 1. The largest absolute Gasteiger partial charge is 0.383 e. The molecular weight excluding hydrogens is 456 g/mol. The van der Waals surface area contributed by atoms with Crippen LogP contribution in [0.1, 0.15) is 11.3 Å². The molecule has 4 N–H and O–H groups in total. The Kier molecular flexibility index (Phi) is 5.10. The summed E-state index contributed by atoms with van der Waals surface area (Å²) in [5, 5.41) is 16.5. The zero-order chi connectivity index (χ0) is 24.8. The average Bonchev–Trinajstić information content (AvgIpc) is 3.50. The average molecular weight is 481 g/mol. The van der Waals surface area contributed by atoms with Crippen molar-refractivity contribution in [1.29, 1.82) is 0 Å². The third kappa shape index (κ3) is 3.80. The topological polar surface area (TPSA) is 144 Å². The predicted octanol–water partition coefficient (Wildman–Crippen LogP) is 2.93. The molecule has 0 radical (unpaired) electrons. The van der Waals surface area contributed by atoms with Crippen molar-refractivity contribution in [3.8, 4) is 22.5 Å². The van der Waals surface area contributed by atoms with Gasteiger partial charge in [0.05, 0.1) is 11.4 Å². The first-order chi connectivity index (χ1) is 17.5. The molecule has 36 heavy (non-hydrogen) atoms. The van der Waals surface area contributed by atoms with Gasteiger partial charge in [0.15, 0.2) is 5.82 Å². The van der Waals surface area contributed by atoms with Crippen LogP contribution in [0.15, 0.2) is 49.1 Å². The third-order valence-electron chi connectivity index (χ3n) is 6.56. The molecular formula is C25H24N10O. The highest BCUT2D eigenvalue weighted by Crippen LogP contribution is 2.32. The first kappa shape index (κ1) is 21.7. The van der Waals surface area contributed by atoms with E-state index in [9.17, 15) is 4.79 Å². The number of nitrogens with two attached hydrogens (primary N) is 1. The Hall–Kier alpha value is -4.80. The van der Waals surface area contributed by atoms with E-state index < -0.39 is 0 Å². The van der Waals surface area contributed by atoms with Crippen LogP contribution in [-0.4, -0.2) is 59.3 Å². The standard InChI is InChI=1S/C25H24N10O/c1-14-17(20-3-5-29-32-20)10-27-11-18(14)21-7-15-8-22(28-12-19(15)25(26)30-21)31-23-9-16-4-6-34(2)24(36)13-35(16)33-23/h3,5,7-12H,4,6,13H2,1-2H3,(H2,26,30)(H,29,32)(H,28,31,33). The van der Waals surface area contributed by atoms with Gasteiger partial charge in [0.25, 0.3) is 0 Å². The summed E-state index contributed by atoms with van der Waals surface area (Å²) in [6, 6.07) is 7.77. The molecule has 6 rings (SSSR count). The predicted molar refractivity (Wildman–Crippen MR) is 136 cm³/mol. The number of nitrogens with zero attached hydrogens (tertiary/aromatic N) is 7. The van der Waals surface area contributed by atoms with E-state index in [1.54, 1.807) is 34.4 Å². The molecule has 1 aliphatic heterocycles. The smallest absolute Gasteiger partial charge is 0.244 e. The number of aromatic amines is 1. The quantitative estimate of drug-likeness (QED) is 0.356. The summed E-state index contributed by atoms with van der Waals surface area (Å²) in [6.07, 6.45) is 7.76. The van der Waals surface area contributed by atoms with Crippen LogP contribution in [0.3, 0.4) is 0 Å². The fraction of sp³-hybridized carbons (Fsp3) is 0.200. The fourth-order valence-electron chi connectivity index (χ4n) is 4.48. The van der Waals surface area contributed by atoms with Crippen LogP contribution < -0.4 is 11.1 Å². The highest BCUT2D eigenvalue weighted by molar-refractivity contribution is 5.95. The van der Waals surface area contributed by atoms with Gasteiger partial charge in [-0.05, 0) is 36.1 Å². The summed E-state index contributed by atoms with van der Waals surface area (Å²) in [7, 11) is 1.81. The van der Waals surface area contributed by atoms with E-state index in [2.05, 4.69) is 35.6 Å². The lowest BCUT2D eigenvalue weighted by atomic mass is 10.00. The molecule has 6 heterocycles. The minimum Gasteiger partial charge on any atom is -0.383 e. The maximum Gasteiger partial charge on any atom is 0.244 e. The SMILES string of the molecule is Cc1c(-c2cc3cc(Nc4cc5n(n4)CC(=O)N(C)CC5)ncc3c(N)n2)cncc1-c1ccn[nH]1. The van der Waals surface area contributed by atoms with Gasteiger partial charge in [-0.3, -0.25) is 19.6 Å². The van der Waals surface area contributed by atoms with Crippen molar-refractivity contribution in [2.45, 2.75) is 19.9 Å². The number of likely N-dealkylation sites (N-methyl/N-ethyl adjacent to an activating group) is 1. The zero-order valence-corrected chi connectivity index (χ0v) is 19.9. The second-order valence-corrected chi connectivity index (χ2v) is 8.88. The number of carbonyl (C=O) groups excluding carboxylic acids is 1. The minimum atomic E-state index is 0.0455. The molecule has 0 unspecified atom stereocenters. The molecule has 180 valence electrons. The molecule has 5 aromatic heterocycles. The van der Waals surface area contributed by atoms with Crippen LogP contribution in [0.4, 0.5) is 17.5 Å². The van der Waals surface area contributed by atoms with E-state index in [0.717, 1.165) is 51.0 Å². The van der Waals surface area contributed by atoms with Crippen molar-refractivity contribution in [1.82, 2.24) is 39.8 Å². The Morgan fingerprint density at radius 2 is 1.97 bits per heavy atom. The third-order valence-corrected chi connectivity index (χ3v) is 6.56. The molecule has 0 saturated carbocycles. The van der Waals surface area contributed by atoms with Gasteiger partial charge < -0.3 is 16.0 Å². The molecule has 0 saturated heterocycles. The number of H-pyrrole nitrogens is 1. The van der Waals surface area contributed by atoms with Crippen LogP contribution in [0.5, 0.6) is 0 Å². The maximum atomic E-state index is 12.2. The lowest BCUT2D eigenvalue weighted by molar-refractivity contribution is -0.130. The molecule has 0 spiro atoms. The van der Waals surface area contributed by atoms with E-state index in [1.807, 2.05) is 38.2 Å². The lowest BCUT2D eigenvalue weighted by Crippen LogP contribution is -2.29. The molecule has 0 aliphatic carbocycles. The molecule has 0 bridgehead atoms.